The van der Waals surface area contributed by atoms with Gasteiger partial charge in [-0.15, -0.1) is 0 Å². The Labute approximate surface area is 193 Å². The zero-order valence-electron chi connectivity index (χ0n) is 17.6. The molecule has 9 heteroatoms. The number of amides is 1. The third-order valence-corrected chi connectivity index (χ3v) is 4.93. The first-order chi connectivity index (χ1) is 16.1. The van der Waals surface area contributed by atoms with Gasteiger partial charge >= 0.3 is 6.18 Å². The maximum atomic E-state index is 13.3. The van der Waals surface area contributed by atoms with E-state index in [4.69, 9.17) is 15.3 Å². The highest BCUT2D eigenvalue weighted by Gasteiger charge is 2.38. The van der Waals surface area contributed by atoms with Crippen LogP contribution in [0.3, 0.4) is 0 Å². The van der Waals surface area contributed by atoms with Crippen LogP contribution in [0, 0.1) is 22.7 Å². The summed E-state index contributed by atoms with van der Waals surface area (Å²) in [5.74, 6) is -0.696. The van der Waals surface area contributed by atoms with Gasteiger partial charge in [0.15, 0.2) is 5.60 Å². The van der Waals surface area contributed by atoms with E-state index in [0.717, 1.165) is 12.1 Å². The van der Waals surface area contributed by atoms with Crippen molar-refractivity contribution in [3.63, 3.8) is 0 Å². The molecule has 2 N–H and O–H groups in total. The smallest absolute Gasteiger partial charge is 0.417 e. The second-order valence-electron chi connectivity index (χ2n) is 7.44. The second-order valence-corrected chi connectivity index (χ2v) is 7.44. The maximum Gasteiger partial charge on any atom is 0.417 e. The highest BCUT2D eigenvalue weighted by Crippen LogP contribution is 2.34. The van der Waals surface area contributed by atoms with Crippen LogP contribution in [0.4, 0.5) is 18.9 Å². The summed E-state index contributed by atoms with van der Waals surface area (Å²) in [6.07, 6.45) is -4.98. The topological polar surface area (TPSA) is 106 Å². The van der Waals surface area contributed by atoms with E-state index in [0.29, 0.717) is 17.2 Å². The second kappa shape index (κ2) is 10.1. The van der Waals surface area contributed by atoms with Crippen molar-refractivity contribution < 1.29 is 27.8 Å². The number of nitrogens with zero attached hydrogens (tertiary/aromatic N) is 2. The molecule has 0 aliphatic heterocycles. The Balaban J connectivity index is 1.87. The fourth-order valence-electron chi connectivity index (χ4n) is 3.16. The van der Waals surface area contributed by atoms with Gasteiger partial charge in [-0.05, 0) is 48.0 Å². The molecular weight excluding hydrogens is 447 g/mol. The molecule has 34 heavy (non-hydrogen) atoms. The lowest BCUT2D eigenvalue weighted by molar-refractivity contribution is -0.138. The molecule has 0 spiro atoms. The fourth-order valence-corrected chi connectivity index (χ4v) is 3.16. The number of nitriles is 2. The molecule has 0 aliphatic carbocycles. The van der Waals surface area contributed by atoms with Gasteiger partial charge in [0, 0.05) is 12.1 Å². The minimum Gasteiger partial charge on any atom is -0.490 e. The number of carbonyl (C=O) groups excluding carboxylic acids is 1. The molecule has 0 bridgehead atoms. The van der Waals surface area contributed by atoms with Crippen molar-refractivity contribution in [2.45, 2.75) is 18.2 Å². The molecule has 3 aromatic carbocycles. The van der Waals surface area contributed by atoms with Crippen molar-refractivity contribution >= 4 is 11.6 Å². The number of nitrogens with one attached hydrogen (secondary N) is 1. The van der Waals surface area contributed by atoms with Crippen LogP contribution < -0.4 is 10.1 Å². The van der Waals surface area contributed by atoms with Crippen LogP contribution in [0.1, 0.15) is 22.3 Å². The zero-order valence-corrected chi connectivity index (χ0v) is 17.6. The molecule has 0 saturated carbocycles. The van der Waals surface area contributed by atoms with E-state index in [1.54, 1.807) is 30.3 Å². The van der Waals surface area contributed by atoms with Gasteiger partial charge in [-0.2, -0.15) is 23.7 Å². The molecule has 3 rings (SSSR count). The Morgan fingerprint density at radius 1 is 0.971 bits per heavy atom. The number of anilines is 1. The third-order valence-electron chi connectivity index (χ3n) is 4.93. The lowest BCUT2D eigenvalue weighted by Crippen LogP contribution is -2.49. The number of hydrogen-bond acceptors (Lipinski definition) is 5. The standard InChI is InChI=1S/C25H18F3N3O3/c26-25(27,28)22-12-20(9-8-19(22)15-30)31-23(32)24(33,13-17-4-2-1-3-5-17)16-34-21-10-6-18(14-29)7-11-21/h1-12,33H,13,16H2,(H,31,32). The number of hydrogen-bond donors (Lipinski definition) is 2. The van der Waals surface area contributed by atoms with Crippen LogP contribution in [0.15, 0.2) is 72.8 Å². The number of benzene rings is 3. The summed E-state index contributed by atoms with van der Waals surface area (Å²) in [5, 5.41) is 31.4. The Morgan fingerprint density at radius 3 is 2.24 bits per heavy atom. The van der Waals surface area contributed by atoms with Crippen LogP contribution in [-0.2, 0) is 17.4 Å². The average molecular weight is 465 g/mol. The first kappa shape index (κ1) is 24.3. The summed E-state index contributed by atoms with van der Waals surface area (Å²) in [5.41, 5.74) is -3.18. The van der Waals surface area contributed by atoms with Gasteiger partial charge in [-0.25, -0.2) is 0 Å². The van der Waals surface area contributed by atoms with E-state index in [9.17, 15) is 23.1 Å². The summed E-state index contributed by atoms with van der Waals surface area (Å²) in [6.45, 7) is -0.512. The molecule has 172 valence electrons. The Hall–Kier alpha value is -4.34. The zero-order chi connectivity index (χ0) is 24.8. The van der Waals surface area contributed by atoms with Crippen molar-refractivity contribution in [2.75, 3.05) is 11.9 Å². The van der Waals surface area contributed by atoms with Gasteiger partial charge in [-0.3, -0.25) is 4.79 Å². The number of halogens is 3. The molecule has 1 amide bonds. The summed E-state index contributed by atoms with van der Waals surface area (Å²) >= 11 is 0. The molecule has 0 fully saturated rings. The van der Waals surface area contributed by atoms with Gasteiger partial charge in [-0.1, -0.05) is 30.3 Å². The highest BCUT2D eigenvalue weighted by molar-refractivity contribution is 5.97. The van der Waals surface area contributed by atoms with E-state index < -0.39 is 35.4 Å². The van der Waals surface area contributed by atoms with Crippen molar-refractivity contribution in [1.29, 1.82) is 10.5 Å². The van der Waals surface area contributed by atoms with Crippen molar-refractivity contribution in [1.82, 2.24) is 0 Å². The van der Waals surface area contributed by atoms with Crippen LogP contribution in [0.2, 0.25) is 0 Å². The first-order valence-corrected chi connectivity index (χ1v) is 9.97. The lowest BCUT2D eigenvalue weighted by Gasteiger charge is -2.27. The molecule has 1 unspecified atom stereocenters. The monoisotopic (exact) mass is 465 g/mol. The van der Waals surface area contributed by atoms with Crippen molar-refractivity contribution in [3.05, 3.63) is 95.1 Å². The third kappa shape index (κ3) is 5.91. The predicted molar refractivity (Wildman–Crippen MR) is 117 cm³/mol. The number of aliphatic hydroxyl groups is 1. The maximum absolute atomic E-state index is 13.3. The molecule has 0 radical (unpaired) electrons. The van der Waals surface area contributed by atoms with E-state index >= 15 is 0 Å². The van der Waals surface area contributed by atoms with Gasteiger partial charge in [0.2, 0.25) is 0 Å². The molecule has 3 aromatic rings. The predicted octanol–water partition coefficient (Wildman–Crippen LogP) is 4.44. The minimum absolute atomic E-state index is 0.182. The Morgan fingerprint density at radius 2 is 1.65 bits per heavy atom. The Kier molecular flexibility index (Phi) is 7.20. The number of carbonyl (C=O) groups is 1. The largest absolute Gasteiger partial charge is 0.490 e. The summed E-state index contributed by atoms with van der Waals surface area (Å²) in [7, 11) is 0. The quantitative estimate of drug-likeness (QED) is 0.537. The van der Waals surface area contributed by atoms with Gasteiger partial charge < -0.3 is 15.2 Å². The minimum atomic E-state index is -4.80. The van der Waals surface area contributed by atoms with Crippen LogP contribution in [-0.4, -0.2) is 23.2 Å². The number of ether oxygens (including phenoxy) is 1. The van der Waals surface area contributed by atoms with E-state index in [1.807, 2.05) is 6.07 Å². The van der Waals surface area contributed by atoms with E-state index in [2.05, 4.69) is 5.32 Å². The molecule has 0 aromatic heterocycles. The van der Waals surface area contributed by atoms with Gasteiger partial charge in [0.1, 0.15) is 12.4 Å². The molecular formula is C25H18F3N3O3. The number of rotatable bonds is 7. The molecule has 0 saturated heterocycles. The molecule has 1 atom stereocenters. The van der Waals surface area contributed by atoms with Crippen molar-refractivity contribution in [2.24, 2.45) is 0 Å². The summed E-state index contributed by atoms with van der Waals surface area (Å²) in [4.78, 5) is 13.0. The first-order valence-electron chi connectivity index (χ1n) is 9.97. The van der Waals surface area contributed by atoms with Crippen LogP contribution >= 0.6 is 0 Å². The fraction of sp³-hybridized carbons (Fsp3) is 0.160. The van der Waals surface area contributed by atoms with E-state index in [1.165, 1.54) is 30.3 Å². The van der Waals surface area contributed by atoms with Crippen LogP contribution in [0.25, 0.3) is 0 Å². The normalized spacial score (nSPS) is 12.6. The molecule has 6 nitrogen and oxygen atoms in total. The Bertz CT molecular complexity index is 1250. The SMILES string of the molecule is N#Cc1ccc(OCC(O)(Cc2ccccc2)C(=O)Nc2ccc(C#N)c(C(F)(F)F)c2)cc1. The summed E-state index contributed by atoms with van der Waals surface area (Å²) in [6, 6.07) is 20.7. The summed E-state index contributed by atoms with van der Waals surface area (Å²) < 4.78 is 45.4. The molecule has 0 aliphatic rings. The lowest BCUT2D eigenvalue weighted by atomic mass is 9.94. The highest BCUT2D eigenvalue weighted by atomic mass is 19.4. The van der Waals surface area contributed by atoms with Gasteiger partial charge in [0.25, 0.3) is 5.91 Å². The van der Waals surface area contributed by atoms with Gasteiger partial charge in [0.05, 0.1) is 28.8 Å². The van der Waals surface area contributed by atoms with Crippen molar-refractivity contribution in [3.8, 4) is 17.9 Å². The van der Waals surface area contributed by atoms with E-state index in [-0.39, 0.29) is 17.9 Å². The number of alkyl halides is 3. The van der Waals surface area contributed by atoms with Crippen LogP contribution in [0.5, 0.6) is 5.75 Å². The average Bonchev–Trinajstić information content (AvgIpc) is 2.83. The molecule has 0 heterocycles.